The molecule has 1 aromatic carbocycles. The van der Waals surface area contributed by atoms with Gasteiger partial charge in [-0.3, -0.25) is 4.79 Å². The molecule has 0 atom stereocenters. The van der Waals surface area contributed by atoms with E-state index in [2.05, 4.69) is 24.1 Å². The smallest absolute Gasteiger partial charge is 0.376 e. The number of ketones is 1. The van der Waals surface area contributed by atoms with Crippen LogP contribution in [0.4, 0.5) is 13.2 Å². The summed E-state index contributed by atoms with van der Waals surface area (Å²) in [6, 6.07) is 6.75. The molecule has 34 heavy (non-hydrogen) atoms. The van der Waals surface area contributed by atoms with Gasteiger partial charge in [0.2, 0.25) is 0 Å². The highest BCUT2D eigenvalue weighted by atomic mass is 32.2. The summed E-state index contributed by atoms with van der Waals surface area (Å²) in [5.41, 5.74) is -3.97. The first-order valence-corrected chi connectivity index (χ1v) is 13.5. The van der Waals surface area contributed by atoms with E-state index in [1.165, 1.54) is 13.0 Å². The third-order valence-electron chi connectivity index (χ3n) is 6.33. The van der Waals surface area contributed by atoms with E-state index in [1.54, 1.807) is 23.5 Å². The van der Waals surface area contributed by atoms with Crippen LogP contribution in [-0.4, -0.2) is 19.7 Å². The van der Waals surface area contributed by atoms with Crippen molar-refractivity contribution in [2.75, 3.05) is 0 Å². The molecule has 4 nitrogen and oxygen atoms in total. The molecule has 2 aromatic rings. The lowest BCUT2D eigenvalue weighted by Crippen LogP contribution is -2.28. The molecule has 0 radical (unpaired) electrons. The number of thiophene rings is 1. The van der Waals surface area contributed by atoms with E-state index in [-0.39, 0.29) is 16.9 Å². The third kappa shape index (κ3) is 5.85. The molecule has 2 rings (SSSR count). The standard InChI is InChI=1S/C25H33F3O4S2/c1-8-24(9-2,22-15-17(4)20(33-22)12-13-21(29)23(5,6)7)18-10-11-19(16(3)14-18)32-34(30,31)25(26,27)28/h10-11,14-15H,8-9,12-13H2,1-7H3. The molecule has 0 aliphatic carbocycles. The first-order valence-electron chi connectivity index (χ1n) is 11.2. The van der Waals surface area contributed by atoms with Crippen LogP contribution in [0, 0.1) is 19.3 Å². The molecule has 0 spiro atoms. The summed E-state index contributed by atoms with van der Waals surface area (Å²) in [7, 11) is -5.74. The molecular weight excluding hydrogens is 485 g/mol. The fourth-order valence-corrected chi connectivity index (χ4v) is 6.01. The second kappa shape index (κ2) is 10.0. The van der Waals surface area contributed by atoms with Crippen molar-refractivity contribution < 1.29 is 30.6 Å². The highest BCUT2D eigenvalue weighted by Crippen LogP contribution is 2.45. The third-order valence-corrected chi connectivity index (χ3v) is 8.79. The van der Waals surface area contributed by atoms with E-state index >= 15 is 0 Å². The lowest BCUT2D eigenvalue weighted by Gasteiger charge is -2.32. The van der Waals surface area contributed by atoms with Crippen molar-refractivity contribution in [2.24, 2.45) is 5.41 Å². The number of carbonyl (C=O) groups excluding carboxylic acids is 1. The lowest BCUT2D eigenvalue weighted by atomic mass is 9.74. The molecule has 0 amide bonds. The first-order chi connectivity index (χ1) is 15.5. The summed E-state index contributed by atoms with van der Waals surface area (Å²) in [6.45, 7) is 13.4. The highest BCUT2D eigenvalue weighted by Gasteiger charge is 2.48. The summed E-state index contributed by atoms with van der Waals surface area (Å²) < 4.78 is 65.4. The van der Waals surface area contributed by atoms with Gasteiger partial charge in [0, 0.05) is 27.0 Å². The maximum absolute atomic E-state index is 12.7. The van der Waals surface area contributed by atoms with Gasteiger partial charge in [-0.2, -0.15) is 21.6 Å². The van der Waals surface area contributed by atoms with Crippen LogP contribution in [0.15, 0.2) is 24.3 Å². The fraction of sp³-hybridized carbons (Fsp3) is 0.560. The summed E-state index contributed by atoms with van der Waals surface area (Å²) in [6.07, 6.45) is 2.61. The summed E-state index contributed by atoms with van der Waals surface area (Å²) in [5.74, 6) is -0.134. The Hall–Kier alpha value is -1.87. The van der Waals surface area contributed by atoms with Gasteiger partial charge in [-0.15, -0.1) is 11.3 Å². The molecule has 0 unspecified atom stereocenters. The topological polar surface area (TPSA) is 60.4 Å². The average molecular weight is 519 g/mol. The number of Topliss-reactive ketones (excluding diaryl/α,β-unsaturated/α-hetero) is 1. The van der Waals surface area contributed by atoms with E-state index in [0.717, 1.165) is 33.7 Å². The Labute approximate surface area is 204 Å². The van der Waals surface area contributed by atoms with E-state index in [0.29, 0.717) is 18.4 Å². The van der Waals surface area contributed by atoms with Gasteiger partial charge in [0.15, 0.2) is 0 Å². The van der Waals surface area contributed by atoms with Gasteiger partial charge in [0.1, 0.15) is 11.5 Å². The zero-order valence-electron chi connectivity index (χ0n) is 20.7. The second-order valence-electron chi connectivity index (χ2n) is 9.64. The Morgan fingerprint density at radius 2 is 1.59 bits per heavy atom. The lowest BCUT2D eigenvalue weighted by molar-refractivity contribution is -0.126. The second-order valence-corrected chi connectivity index (χ2v) is 12.3. The van der Waals surface area contributed by atoms with Crippen molar-refractivity contribution in [3.8, 4) is 5.75 Å². The number of rotatable bonds is 9. The molecule has 0 aliphatic rings. The summed E-state index contributed by atoms with van der Waals surface area (Å²) in [4.78, 5) is 14.7. The Bertz CT molecular complexity index is 1140. The SMILES string of the molecule is CCC(CC)(c1ccc(OS(=O)(=O)C(F)(F)F)c(C)c1)c1cc(C)c(CCC(=O)C(C)(C)C)s1. The number of halogens is 3. The van der Waals surface area contributed by atoms with Gasteiger partial charge in [0.05, 0.1) is 0 Å². The minimum atomic E-state index is -5.74. The molecule has 0 N–H and O–H groups in total. The Balaban J connectivity index is 2.42. The first kappa shape index (κ1) is 28.4. The van der Waals surface area contributed by atoms with Gasteiger partial charge < -0.3 is 4.18 Å². The van der Waals surface area contributed by atoms with Crippen LogP contribution in [-0.2, 0) is 26.7 Å². The van der Waals surface area contributed by atoms with Crippen molar-refractivity contribution in [1.82, 2.24) is 0 Å². The molecule has 0 aliphatic heterocycles. The molecule has 0 saturated carbocycles. The van der Waals surface area contributed by atoms with Crippen molar-refractivity contribution in [2.45, 2.75) is 85.1 Å². The predicted molar refractivity (Wildman–Crippen MR) is 130 cm³/mol. The van der Waals surface area contributed by atoms with Crippen LogP contribution < -0.4 is 4.18 Å². The molecule has 190 valence electrons. The molecule has 1 aromatic heterocycles. The Morgan fingerprint density at radius 1 is 1.00 bits per heavy atom. The number of benzene rings is 1. The van der Waals surface area contributed by atoms with E-state index in [1.807, 2.05) is 27.7 Å². The number of alkyl halides is 3. The Kier molecular flexibility index (Phi) is 8.35. The molecular formula is C25H33F3O4S2. The number of carbonyl (C=O) groups is 1. The fourth-order valence-electron chi connectivity index (χ4n) is 3.96. The van der Waals surface area contributed by atoms with Crippen LogP contribution in [0.3, 0.4) is 0 Å². The van der Waals surface area contributed by atoms with Crippen LogP contribution in [0.5, 0.6) is 5.75 Å². The van der Waals surface area contributed by atoms with Crippen LogP contribution in [0.1, 0.15) is 80.3 Å². The summed E-state index contributed by atoms with van der Waals surface area (Å²) in [5, 5.41) is 0. The van der Waals surface area contributed by atoms with Crippen molar-refractivity contribution in [3.63, 3.8) is 0 Å². The van der Waals surface area contributed by atoms with E-state index in [4.69, 9.17) is 0 Å². The number of aryl methyl sites for hydroxylation is 3. The zero-order valence-corrected chi connectivity index (χ0v) is 22.4. The monoisotopic (exact) mass is 518 g/mol. The summed E-state index contributed by atoms with van der Waals surface area (Å²) >= 11 is 1.66. The van der Waals surface area contributed by atoms with Gasteiger partial charge >= 0.3 is 15.6 Å². The van der Waals surface area contributed by atoms with Gasteiger partial charge in [-0.05, 0) is 61.9 Å². The van der Waals surface area contributed by atoms with Gasteiger partial charge in [-0.1, -0.05) is 46.8 Å². The average Bonchev–Trinajstić information content (AvgIpc) is 3.08. The largest absolute Gasteiger partial charge is 0.534 e. The highest BCUT2D eigenvalue weighted by molar-refractivity contribution is 7.88. The van der Waals surface area contributed by atoms with E-state index < -0.39 is 21.0 Å². The van der Waals surface area contributed by atoms with Crippen LogP contribution in [0.2, 0.25) is 0 Å². The van der Waals surface area contributed by atoms with Crippen molar-refractivity contribution >= 4 is 27.2 Å². The van der Waals surface area contributed by atoms with Crippen molar-refractivity contribution in [3.05, 3.63) is 50.7 Å². The molecule has 1 heterocycles. The maximum atomic E-state index is 12.7. The minimum Gasteiger partial charge on any atom is -0.376 e. The minimum absolute atomic E-state index is 0.208. The van der Waals surface area contributed by atoms with Crippen LogP contribution in [0.25, 0.3) is 0 Å². The zero-order chi connectivity index (χ0) is 26.1. The van der Waals surface area contributed by atoms with Crippen LogP contribution >= 0.6 is 11.3 Å². The molecule has 0 bridgehead atoms. The molecule has 0 saturated heterocycles. The van der Waals surface area contributed by atoms with Gasteiger partial charge in [-0.25, -0.2) is 0 Å². The van der Waals surface area contributed by atoms with Gasteiger partial charge in [0.25, 0.3) is 0 Å². The van der Waals surface area contributed by atoms with E-state index in [9.17, 15) is 26.4 Å². The van der Waals surface area contributed by atoms with Crippen molar-refractivity contribution in [1.29, 1.82) is 0 Å². The Morgan fingerprint density at radius 3 is 2.06 bits per heavy atom. The number of hydrogen-bond donors (Lipinski definition) is 0. The quantitative estimate of drug-likeness (QED) is 0.259. The molecule has 0 fully saturated rings. The maximum Gasteiger partial charge on any atom is 0.534 e. The number of hydrogen-bond acceptors (Lipinski definition) is 5. The predicted octanol–water partition coefficient (Wildman–Crippen LogP) is 7.25. The normalized spacial score (nSPS) is 13.2. The molecule has 9 heteroatoms.